The molecule has 0 atom stereocenters. The van der Waals surface area contributed by atoms with Crippen LogP contribution < -0.4 is 0 Å². The molecule has 0 amide bonds. The highest BCUT2D eigenvalue weighted by Gasteiger charge is 2.11. The van der Waals surface area contributed by atoms with Gasteiger partial charge in [-0.2, -0.15) is 0 Å². The number of hydrogen-bond acceptors (Lipinski definition) is 1. The molecule has 0 aromatic heterocycles. The van der Waals surface area contributed by atoms with Gasteiger partial charge >= 0.3 is 0 Å². The average molecular weight is 184 g/mol. The molecule has 1 aromatic rings. The zero-order chi connectivity index (χ0) is 9.03. The van der Waals surface area contributed by atoms with Gasteiger partial charge in [0.05, 0.1) is 0 Å². The average Bonchev–Trinajstić information content (AvgIpc) is 2.18. The summed E-state index contributed by atoms with van der Waals surface area (Å²) in [7, 11) is -2.03. The fourth-order valence-electron chi connectivity index (χ4n) is 1.29. The van der Waals surface area contributed by atoms with Crippen LogP contribution in [0.25, 0.3) is 0 Å². The van der Waals surface area contributed by atoms with Crippen LogP contribution in [0.1, 0.15) is 13.8 Å². The Kier molecular flexibility index (Phi) is 3.04. The summed E-state index contributed by atoms with van der Waals surface area (Å²) in [6, 6.07) is 9.79. The van der Waals surface area contributed by atoms with Crippen LogP contribution in [0.15, 0.2) is 35.2 Å². The summed E-state index contributed by atoms with van der Waals surface area (Å²) >= 11 is 0. The SMILES string of the molecule is CC[SH](=O)(CC)c1ccccc1. The third-order valence-electron chi connectivity index (χ3n) is 2.25. The van der Waals surface area contributed by atoms with E-state index >= 15 is 0 Å². The summed E-state index contributed by atoms with van der Waals surface area (Å²) in [6.07, 6.45) is 0. The Hall–Kier alpha value is -0.630. The van der Waals surface area contributed by atoms with Crippen molar-refractivity contribution in [2.24, 2.45) is 0 Å². The molecule has 0 aliphatic heterocycles. The molecule has 0 spiro atoms. The lowest BCUT2D eigenvalue weighted by Crippen LogP contribution is -2.17. The van der Waals surface area contributed by atoms with Crippen molar-refractivity contribution in [3.8, 4) is 0 Å². The fraction of sp³-hybridized carbons (Fsp3) is 0.400. The molecule has 0 bridgehead atoms. The Labute approximate surface area is 75.2 Å². The second-order valence-electron chi connectivity index (χ2n) is 2.86. The van der Waals surface area contributed by atoms with Gasteiger partial charge < -0.3 is 0 Å². The third kappa shape index (κ3) is 1.75. The van der Waals surface area contributed by atoms with Crippen LogP contribution in [0.4, 0.5) is 0 Å². The van der Waals surface area contributed by atoms with Crippen LogP contribution in [-0.4, -0.2) is 15.7 Å². The van der Waals surface area contributed by atoms with Gasteiger partial charge in [0, 0.05) is 16.4 Å². The lowest BCUT2D eigenvalue weighted by atomic mass is 10.4. The van der Waals surface area contributed by atoms with Crippen LogP contribution in [0, 0.1) is 0 Å². The van der Waals surface area contributed by atoms with E-state index in [4.69, 9.17) is 0 Å². The monoisotopic (exact) mass is 184 g/mol. The Morgan fingerprint density at radius 1 is 1.08 bits per heavy atom. The smallest absolute Gasteiger partial charge is 0.0147 e. The van der Waals surface area contributed by atoms with Crippen molar-refractivity contribution in [1.29, 1.82) is 0 Å². The molecule has 12 heavy (non-hydrogen) atoms. The zero-order valence-corrected chi connectivity index (χ0v) is 8.55. The molecule has 0 unspecified atom stereocenters. The Bertz CT molecular complexity index is 271. The lowest BCUT2D eigenvalue weighted by molar-refractivity contribution is 0.671. The van der Waals surface area contributed by atoms with E-state index < -0.39 is 9.93 Å². The molecule has 0 saturated heterocycles. The highest BCUT2D eigenvalue weighted by Crippen LogP contribution is 2.18. The lowest BCUT2D eigenvalue weighted by Gasteiger charge is -2.19. The molecule has 0 aliphatic carbocycles. The van der Waals surface area contributed by atoms with E-state index in [1.165, 1.54) is 0 Å². The normalized spacial score (nSPS) is 12.8. The van der Waals surface area contributed by atoms with Crippen molar-refractivity contribution < 1.29 is 4.21 Å². The van der Waals surface area contributed by atoms with Crippen molar-refractivity contribution >= 4 is 9.93 Å². The molecule has 0 N–H and O–H groups in total. The standard InChI is InChI=1S/C10H16OS/c1-3-12(11,4-2)10-8-6-5-7-9-10/h5-9,12H,3-4H2,1-2H3. The van der Waals surface area contributed by atoms with E-state index in [1.54, 1.807) is 0 Å². The molecule has 2 heteroatoms. The molecule has 68 valence electrons. The minimum Gasteiger partial charge on any atom is -0.280 e. The number of thiol groups is 1. The minimum absolute atomic E-state index is 0.771. The molecule has 0 fully saturated rings. The first-order valence-electron chi connectivity index (χ1n) is 4.36. The Morgan fingerprint density at radius 2 is 1.58 bits per heavy atom. The molecule has 1 aromatic carbocycles. The highest BCUT2D eigenvalue weighted by atomic mass is 32.2. The molecular weight excluding hydrogens is 168 g/mol. The van der Waals surface area contributed by atoms with Gasteiger partial charge in [0.2, 0.25) is 0 Å². The van der Waals surface area contributed by atoms with Gasteiger partial charge in [-0.3, -0.25) is 4.21 Å². The van der Waals surface area contributed by atoms with Crippen molar-refractivity contribution in [3.05, 3.63) is 30.3 Å². The molecule has 0 radical (unpaired) electrons. The topological polar surface area (TPSA) is 17.1 Å². The third-order valence-corrected chi connectivity index (χ3v) is 5.53. The zero-order valence-electron chi connectivity index (χ0n) is 7.66. The number of rotatable bonds is 3. The molecule has 0 heterocycles. The van der Waals surface area contributed by atoms with Crippen LogP contribution in [0.2, 0.25) is 0 Å². The van der Waals surface area contributed by atoms with E-state index in [0.29, 0.717) is 0 Å². The van der Waals surface area contributed by atoms with Crippen molar-refractivity contribution in [2.75, 3.05) is 11.5 Å². The van der Waals surface area contributed by atoms with Crippen LogP contribution in [-0.2, 0) is 9.93 Å². The van der Waals surface area contributed by atoms with Gasteiger partial charge in [0.15, 0.2) is 0 Å². The Balaban J connectivity index is 3.04. The van der Waals surface area contributed by atoms with Gasteiger partial charge in [-0.05, 0) is 12.1 Å². The summed E-state index contributed by atoms with van der Waals surface area (Å²) < 4.78 is 12.2. The quantitative estimate of drug-likeness (QED) is 0.712. The van der Waals surface area contributed by atoms with E-state index in [0.717, 1.165) is 16.4 Å². The van der Waals surface area contributed by atoms with E-state index in [9.17, 15) is 4.21 Å². The van der Waals surface area contributed by atoms with Crippen LogP contribution >= 0.6 is 0 Å². The predicted octanol–water partition coefficient (Wildman–Crippen LogP) is 2.10. The maximum absolute atomic E-state index is 12.2. The summed E-state index contributed by atoms with van der Waals surface area (Å²) in [5, 5.41) is 0. The van der Waals surface area contributed by atoms with Crippen molar-refractivity contribution in [3.63, 3.8) is 0 Å². The summed E-state index contributed by atoms with van der Waals surface area (Å²) in [6.45, 7) is 3.99. The van der Waals surface area contributed by atoms with Gasteiger partial charge in [0.1, 0.15) is 0 Å². The van der Waals surface area contributed by atoms with Gasteiger partial charge in [0.25, 0.3) is 0 Å². The van der Waals surface area contributed by atoms with Gasteiger partial charge in [-0.25, -0.2) is 0 Å². The first kappa shape index (κ1) is 9.46. The molecule has 1 nitrogen and oxygen atoms in total. The number of benzene rings is 1. The Morgan fingerprint density at radius 3 is 2.00 bits per heavy atom. The molecular formula is C10H16OS. The fourth-order valence-corrected chi connectivity index (χ4v) is 3.18. The van der Waals surface area contributed by atoms with E-state index in [-0.39, 0.29) is 0 Å². The predicted molar refractivity (Wildman–Crippen MR) is 55.3 cm³/mol. The van der Waals surface area contributed by atoms with Gasteiger partial charge in [-0.15, -0.1) is 0 Å². The van der Waals surface area contributed by atoms with Gasteiger partial charge in [-0.1, -0.05) is 42.0 Å². The maximum atomic E-state index is 12.2. The van der Waals surface area contributed by atoms with Crippen molar-refractivity contribution in [1.82, 2.24) is 0 Å². The maximum Gasteiger partial charge on any atom is 0.0147 e. The second kappa shape index (κ2) is 3.85. The molecule has 0 saturated carbocycles. The summed E-state index contributed by atoms with van der Waals surface area (Å²) in [5.74, 6) is 1.54. The van der Waals surface area contributed by atoms with Crippen LogP contribution in [0.3, 0.4) is 0 Å². The molecule has 1 rings (SSSR count). The highest BCUT2D eigenvalue weighted by molar-refractivity contribution is 8.03. The summed E-state index contributed by atoms with van der Waals surface area (Å²) in [4.78, 5) is 1.02. The van der Waals surface area contributed by atoms with E-state index in [1.807, 2.05) is 44.2 Å². The minimum atomic E-state index is -2.03. The first-order valence-corrected chi connectivity index (χ1v) is 6.44. The number of hydrogen-bond donors (Lipinski definition) is 1. The van der Waals surface area contributed by atoms with E-state index in [2.05, 4.69) is 0 Å². The summed E-state index contributed by atoms with van der Waals surface area (Å²) in [5.41, 5.74) is 0. The first-order chi connectivity index (χ1) is 5.73. The largest absolute Gasteiger partial charge is 0.280 e. The van der Waals surface area contributed by atoms with Crippen LogP contribution in [0.5, 0.6) is 0 Å². The molecule has 0 aliphatic rings. The second-order valence-corrected chi connectivity index (χ2v) is 6.42. The van der Waals surface area contributed by atoms with Crippen molar-refractivity contribution in [2.45, 2.75) is 18.7 Å².